The first-order chi connectivity index (χ1) is 12.0. The second-order valence-corrected chi connectivity index (χ2v) is 6.57. The molecule has 1 aliphatic rings. The van der Waals surface area contributed by atoms with Crippen LogP contribution in [0.3, 0.4) is 0 Å². The molecule has 1 unspecified atom stereocenters. The highest BCUT2D eigenvalue weighted by molar-refractivity contribution is 6.33. The molecule has 1 amide bonds. The third-order valence-corrected chi connectivity index (χ3v) is 4.78. The molecule has 5 nitrogen and oxygen atoms in total. The van der Waals surface area contributed by atoms with E-state index in [1.165, 1.54) is 0 Å². The van der Waals surface area contributed by atoms with E-state index in [0.717, 1.165) is 11.3 Å². The molecule has 1 aliphatic heterocycles. The molecule has 2 aromatic rings. The van der Waals surface area contributed by atoms with Gasteiger partial charge in [0.05, 0.1) is 22.3 Å². The van der Waals surface area contributed by atoms with Crippen LogP contribution in [-0.2, 0) is 11.3 Å². The first-order valence-corrected chi connectivity index (χ1v) is 8.43. The van der Waals surface area contributed by atoms with Gasteiger partial charge in [-0.15, -0.1) is 0 Å². The van der Waals surface area contributed by atoms with Gasteiger partial charge in [0.25, 0.3) is 0 Å². The Morgan fingerprint density at radius 2 is 2.04 bits per heavy atom. The Hall–Kier alpha value is -2.37. The Balaban J connectivity index is 1.72. The number of benzene rings is 2. The van der Waals surface area contributed by atoms with Gasteiger partial charge in [0.2, 0.25) is 5.91 Å². The fourth-order valence-corrected chi connectivity index (χ4v) is 3.42. The molecule has 0 aliphatic carbocycles. The van der Waals surface area contributed by atoms with Gasteiger partial charge < -0.3 is 10.0 Å². The van der Waals surface area contributed by atoms with E-state index in [1.807, 2.05) is 36.2 Å². The molecule has 130 valence electrons. The van der Waals surface area contributed by atoms with Crippen molar-refractivity contribution in [3.8, 4) is 0 Å². The molecule has 25 heavy (non-hydrogen) atoms. The van der Waals surface area contributed by atoms with Crippen molar-refractivity contribution >= 4 is 29.2 Å². The molecule has 3 rings (SSSR count). The van der Waals surface area contributed by atoms with Crippen LogP contribution in [0.15, 0.2) is 48.5 Å². The van der Waals surface area contributed by atoms with Crippen molar-refractivity contribution in [2.24, 2.45) is 0 Å². The molecular weight excluding hydrogens is 340 g/mol. The third kappa shape index (κ3) is 3.67. The molecule has 1 N–H and O–H groups in total. The maximum atomic E-state index is 12.8. The van der Waals surface area contributed by atoms with Gasteiger partial charge in [0.15, 0.2) is 0 Å². The highest BCUT2D eigenvalue weighted by Crippen LogP contribution is 2.30. The summed E-state index contributed by atoms with van der Waals surface area (Å²) >= 11 is 6.21. The Bertz CT molecular complexity index is 809. The summed E-state index contributed by atoms with van der Waals surface area (Å²) in [6.07, 6.45) is 0.708. The summed E-state index contributed by atoms with van der Waals surface area (Å²) in [7, 11) is 1.88. The largest absolute Gasteiger partial charge is 0.478 e. The number of carbonyl (C=O) groups excluding carboxylic acids is 1. The summed E-state index contributed by atoms with van der Waals surface area (Å²) in [6.45, 7) is 1.13. The quantitative estimate of drug-likeness (QED) is 0.891. The molecule has 0 bridgehead atoms. The summed E-state index contributed by atoms with van der Waals surface area (Å²) in [5.41, 5.74) is 1.85. The van der Waals surface area contributed by atoms with E-state index in [9.17, 15) is 9.59 Å². The van der Waals surface area contributed by atoms with Crippen LogP contribution in [0.2, 0.25) is 5.02 Å². The molecule has 6 heteroatoms. The van der Waals surface area contributed by atoms with Crippen LogP contribution >= 0.6 is 11.6 Å². The van der Waals surface area contributed by atoms with Crippen LogP contribution < -0.4 is 4.90 Å². The van der Waals surface area contributed by atoms with E-state index in [0.29, 0.717) is 24.5 Å². The number of anilines is 1. The van der Waals surface area contributed by atoms with Gasteiger partial charge in [0.1, 0.15) is 0 Å². The monoisotopic (exact) mass is 358 g/mol. The van der Waals surface area contributed by atoms with Crippen molar-refractivity contribution in [3.05, 3.63) is 64.7 Å². The van der Waals surface area contributed by atoms with Crippen LogP contribution in [0.25, 0.3) is 0 Å². The highest BCUT2D eigenvalue weighted by Gasteiger charge is 2.35. The van der Waals surface area contributed by atoms with Gasteiger partial charge in [-0.3, -0.25) is 9.69 Å². The van der Waals surface area contributed by atoms with Gasteiger partial charge in [0, 0.05) is 13.1 Å². The fourth-order valence-electron chi connectivity index (χ4n) is 3.18. The molecule has 0 spiro atoms. The van der Waals surface area contributed by atoms with Crippen LogP contribution in [0.5, 0.6) is 0 Å². The number of aromatic carboxylic acids is 1. The maximum absolute atomic E-state index is 12.8. The van der Waals surface area contributed by atoms with Gasteiger partial charge in [-0.2, -0.15) is 0 Å². The van der Waals surface area contributed by atoms with Crippen LogP contribution in [-0.4, -0.2) is 41.5 Å². The number of carboxylic acid groups (broad SMARTS) is 1. The molecule has 1 heterocycles. The van der Waals surface area contributed by atoms with Gasteiger partial charge in [-0.1, -0.05) is 35.9 Å². The van der Waals surface area contributed by atoms with Crippen molar-refractivity contribution in [3.63, 3.8) is 0 Å². The van der Waals surface area contributed by atoms with Crippen LogP contribution in [0.4, 0.5) is 5.69 Å². The fraction of sp³-hybridized carbons (Fsp3) is 0.263. The lowest BCUT2D eigenvalue weighted by molar-refractivity contribution is -0.121. The second-order valence-electron chi connectivity index (χ2n) is 6.17. The SMILES string of the molecule is CN(Cc1cccc(C(=O)O)c1)C1CCN(c2ccccc2Cl)C1=O. The van der Waals surface area contributed by atoms with Crippen molar-refractivity contribution < 1.29 is 14.7 Å². The first-order valence-electron chi connectivity index (χ1n) is 8.06. The van der Waals surface area contributed by atoms with Crippen molar-refractivity contribution in [1.29, 1.82) is 0 Å². The number of nitrogens with zero attached hydrogens (tertiary/aromatic N) is 2. The zero-order valence-electron chi connectivity index (χ0n) is 13.9. The molecule has 0 saturated carbocycles. The summed E-state index contributed by atoms with van der Waals surface area (Å²) in [5.74, 6) is -0.934. The predicted molar refractivity (Wildman–Crippen MR) is 97.1 cm³/mol. The molecular formula is C19H19ClN2O3. The Kier molecular flexibility index (Phi) is 5.06. The lowest BCUT2D eigenvalue weighted by atomic mass is 10.1. The number of para-hydroxylation sites is 1. The topological polar surface area (TPSA) is 60.9 Å². The Morgan fingerprint density at radius 3 is 2.76 bits per heavy atom. The molecule has 0 aromatic heterocycles. The normalized spacial score (nSPS) is 17.3. The van der Waals surface area contributed by atoms with Gasteiger partial charge in [-0.25, -0.2) is 4.79 Å². The van der Waals surface area contributed by atoms with Gasteiger partial charge in [-0.05, 0) is 43.3 Å². The zero-order chi connectivity index (χ0) is 18.0. The van der Waals surface area contributed by atoms with E-state index < -0.39 is 5.97 Å². The van der Waals surface area contributed by atoms with Crippen molar-refractivity contribution in [2.75, 3.05) is 18.5 Å². The lowest BCUT2D eigenvalue weighted by Gasteiger charge is -2.24. The summed E-state index contributed by atoms with van der Waals surface area (Å²) in [5, 5.41) is 9.66. The minimum Gasteiger partial charge on any atom is -0.478 e. The van der Waals surface area contributed by atoms with E-state index in [2.05, 4.69) is 0 Å². The van der Waals surface area contributed by atoms with E-state index in [1.54, 1.807) is 29.2 Å². The minimum atomic E-state index is -0.952. The molecule has 2 aromatic carbocycles. The number of amides is 1. The number of hydrogen-bond acceptors (Lipinski definition) is 3. The highest BCUT2D eigenvalue weighted by atomic mass is 35.5. The van der Waals surface area contributed by atoms with E-state index in [4.69, 9.17) is 16.7 Å². The second kappa shape index (κ2) is 7.25. The lowest BCUT2D eigenvalue weighted by Crippen LogP contribution is -2.39. The number of carbonyl (C=O) groups is 2. The number of carboxylic acids is 1. The average molecular weight is 359 g/mol. The number of halogens is 1. The molecule has 1 fully saturated rings. The van der Waals surface area contributed by atoms with Crippen molar-refractivity contribution in [2.45, 2.75) is 19.0 Å². The summed E-state index contributed by atoms with van der Waals surface area (Å²) in [6, 6.07) is 13.9. The summed E-state index contributed by atoms with van der Waals surface area (Å²) in [4.78, 5) is 27.6. The number of rotatable bonds is 5. The smallest absolute Gasteiger partial charge is 0.335 e. The van der Waals surface area contributed by atoms with Crippen LogP contribution in [0, 0.1) is 0 Å². The number of likely N-dealkylation sites (N-methyl/N-ethyl adjacent to an activating group) is 1. The first kappa shape index (κ1) is 17.5. The molecule has 1 saturated heterocycles. The maximum Gasteiger partial charge on any atom is 0.335 e. The minimum absolute atomic E-state index is 0.0185. The summed E-state index contributed by atoms with van der Waals surface area (Å²) < 4.78 is 0. The molecule has 0 radical (unpaired) electrons. The van der Waals surface area contributed by atoms with E-state index in [-0.39, 0.29) is 17.5 Å². The zero-order valence-corrected chi connectivity index (χ0v) is 14.6. The van der Waals surface area contributed by atoms with E-state index >= 15 is 0 Å². The standard InChI is InChI=1S/C19H19ClN2O3/c1-21(12-13-5-4-6-14(11-13)19(24)25)17-9-10-22(18(17)23)16-8-3-2-7-15(16)20/h2-8,11,17H,9-10,12H2,1H3,(H,24,25). The Morgan fingerprint density at radius 1 is 1.28 bits per heavy atom. The predicted octanol–water partition coefficient (Wildman–Crippen LogP) is 3.28. The molecule has 1 atom stereocenters. The van der Waals surface area contributed by atoms with Gasteiger partial charge >= 0.3 is 5.97 Å². The Labute approximate surface area is 151 Å². The average Bonchev–Trinajstić information content (AvgIpc) is 2.97. The van der Waals surface area contributed by atoms with Crippen LogP contribution in [0.1, 0.15) is 22.3 Å². The third-order valence-electron chi connectivity index (χ3n) is 4.46. The number of hydrogen-bond donors (Lipinski definition) is 1. The van der Waals surface area contributed by atoms with Crippen molar-refractivity contribution in [1.82, 2.24) is 4.90 Å².